The fourth-order valence-electron chi connectivity index (χ4n) is 5.31. The van der Waals surface area contributed by atoms with Crippen LogP contribution in [-0.4, -0.2) is 0 Å². The average Bonchev–Trinajstić information content (AvgIpc) is 2.77. The Morgan fingerprint density at radius 2 is 1.48 bits per heavy atom. The van der Waals surface area contributed by atoms with Crippen molar-refractivity contribution in [2.45, 2.75) is 96.8 Å². The maximum atomic E-state index is 13.1. The zero-order chi connectivity index (χ0) is 20.3. The molecule has 0 heterocycles. The standard InChI is InChI=1S/C28H41F/c1-2-3-4-5-6-7-8-9-10-23-11-13-24(14-12-23)25-15-17-26(18-16-25)27-19-21-28(29)22-20-27/h15,17-25H,2-14,16H2,1H3/t23-,24-,25?. The van der Waals surface area contributed by atoms with Gasteiger partial charge in [0.25, 0.3) is 0 Å². The maximum absolute atomic E-state index is 13.1. The van der Waals surface area contributed by atoms with Gasteiger partial charge in [0.1, 0.15) is 5.82 Å². The lowest BCUT2D eigenvalue weighted by Crippen LogP contribution is -2.21. The molecule has 1 unspecified atom stereocenters. The van der Waals surface area contributed by atoms with E-state index in [-0.39, 0.29) is 5.82 Å². The monoisotopic (exact) mass is 396 g/mol. The van der Waals surface area contributed by atoms with E-state index in [0.717, 1.165) is 23.8 Å². The number of halogens is 1. The Labute approximate surface area is 178 Å². The minimum Gasteiger partial charge on any atom is -0.207 e. The van der Waals surface area contributed by atoms with Crippen molar-refractivity contribution in [1.29, 1.82) is 0 Å². The van der Waals surface area contributed by atoms with E-state index in [1.165, 1.54) is 89.0 Å². The van der Waals surface area contributed by atoms with Crippen LogP contribution in [0.2, 0.25) is 0 Å². The van der Waals surface area contributed by atoms with E-state index in [1.807, 2.05) is 12.1 Å². The summed E-state index contributed by atoms with van der Waals surface area (Å²) in [5.41, 5.74) is 2.39. The molecule has 1 atom stereocenters. The van der Waals surface area contributed by atoms with E-state index < -0.39 is 0 Å². The summed E-state index contributed by atoms with van der Waals surface area (Å²) in [5, 5.41) is 0. The van der Waals surface area contributed by atoms with Crippen molar-refractivity contribution < 1.29 is 4.39 Å². The van der Waals surface area contributed by atoms with Gasteiger partial charge < -0.3 is 0 Å². The summed E-state index contributed by atoms with van der Waals surface area (Å²) in [5.74, 6) is 2.41. The quantitative estimate of drug-likeness (QED) is 0.327. The molecule has 3 rings (SSSR count). The van der Waals surface area contributed by atoms with Crippen LogP contribution in [0.3, 0.4) is 0 Å². The van der Waals surface area contributed by atoms with Crippen LogP contribution in [0, 0.1) is 23.6 Å². The zero-order valence-corrected chi connectivity index (χ0v) is 18.6. The van der Waals surface area contributed by atoms with Crippen molar-refractivity contribution in [2.24, 2.45) is 17.8 Å². The highest BCUT2D eigenvalue weighted by atomic mass is 19.1. The summed E-state index contributed by atoms with van der Waals surface area (Å²) in [7, 11) is 0. The van der Waals surface area contributed by atoms with Crippen molar-refractivity contribution in [3.05, 3.63) is 53.9 Å². The lowest BCUT2D eigenvalue weighted by atomic mass is 9.72. The van der Waals surface area contributed by atoms with Crippen LogP contribution in [0.1, 0.15) is 102 Å². The van der Waals surface area contributed by atoms with Crippen molar-refractivity contribution in [1.82, 2.24) is 0 Å². The van der Waals surface area contributed by atoms with Crippen LogP contribution in [0.15, 0.2) is 42.5 Å². The van der Waals surface area contributed by atoms with E-state index >= 15 is 0 Å². The van der Waals surface area contributed by atoms with Gasteiger partial charge in [0.15, 0.2) is 0 Å². The second kappa shape index (κ2) is 12.4. The average molecular weight is 397 g/mol. The van der Waals surface area contributed by atoms with Gasteiger partial charge in [-0.15, -0.1) is 0 Å². The predicted molar refractivity (Wildman–Crippen MR) is 124 cm³/mol. The molecule has 0 spiro atoms. The van der Waals surface area contributed by atoms with Gasteiger partial charge in [0.2, 0.25) is 0 Å². The van der Waals surface area contributed by atoms with E-state index in [2.05, 4.69) is 25.2 Å². The van der Waals surface area contributed by atoms with Crippen molar-refractivity contribution in [3.63, 3.8) is 0 Å². The molecule has 0 N–H and O–H groups in total. The first-order chi connectivity index (χ1) is 14.3. The summed E-state index contributed by atoms with van der Waals surface area (Å²) in [6, 6.07) is 6.90. The Hall–Kier alpha value is -1.37. The summed E-state index contributed by atoms with van der Waals surface area (Å²) in [6.45, 7) is 2.29. The molecule has 1 aromatic rings. The Kier molecular flexibility index (Phi) is 9.51. The highest BCUT2D eigenvalue weighted by Gasteiger charge is 2.26. The first kappa shape index (κ1) is 22.3. The highest BCUT2D eigenvalue weighted by molar-refractivity contribution is 5.74. The molecule has 1 fully saturated rings. The van der Waals surface area contributed by atoms with Crippen LogP contribution in [0.4, 0.5) is 4.39 Å². The molecule has 0 aliphatic heterocycles. The summed E-state index contributed by atoms with van der Waals surface area (Å²) >= 11 is 0. The minimum atomic E-state index is -0.157. The van der Waals surface area contributed by atoms with Crippen LogP contribution < -0.4 is 0 Å². The maximum Gasteiger partial charge on any atom is 0.123 e. The molecular formula is C28H41F. The molecule has 0 nitrogen and oxygen atoms in total. The number of allylic oxidation sites excluding steroid dienone is 4. The highest BCUT2D eigenvalue weighted by Crippen LogP contribution is 2.39. The van der Waals surface area contributed by atoms with Gasteiger partial charge in [0, 0.05) is 0 Å². The summed E-state index contributed by atoms with van der Waals surface area (Å²) in [4.78, 5) is 0. The first-order valence-electron chi connectivity index (χ1n) is 12.4. The minimum absolute atomic E-state index is 0.157. The van der Waals surface area contributed by atoms with Gasteiger partial charge in [0.05, 0.1) is 0 Å². The molecule has 1 saturated carbocycles. The molecule has 1 aromatic carbocycles. The molecule has 0 amide bonds. The number of rotatable bonds is 11. The Bertz CT molecular complexity index is 631. The fourth-order valence-corrected chi connectivity index (χ4v) is 5.31. The Morgan fingerprint density at radius 3 is 2.10 bits per heavy atom. The molecule has 0 bridgehead atoms. The first-order valence-corrected chi connectivity index (χ1v) is 12.4. The van der Waals surface area contributed by atoms with E-state index in [0.29, 0.717) is 5.92 Å². The normalized spacial score (nSPS) is 24.5. The lowest BCUT2D eigenvalue weighted by molar-refractivity contribution is 0.218. The topological polar surface area (TPSA) is 0 Å². The number of hydrogen-bond donors (Lipinski definition) is 0. The van der Waals surface area contributed by atoms with Gasteiger partial charge in [-0.1, -0.05) is 108 Å². The predicted octanol–water partition coefficient (Wildman–Crippen LogP) is 9.12. The second-order valence-corrected chi connectivity index (χ2v) is 9.47. The summed E-state index contributed by atoms with van der Waals surface area (Å²) < 4.78 is 13.1. The molecular weight excluding hydrogens is 355 g/mol. The second-order valence-electron chi connectivity index (χ2n) is 9.47. The van der Waals surface area contributed by atoms with Crippen LogP contribution in [0.5, 0.6) is 0 Å². The van der Waals surface area contributed by atoms with E-state index in [4.69, 9.17) is 0 Å². The number of unbranched alkanes of at least 4 members (excludes halogenated alkanes) is 7. The Morgan fingerprint density at radius 1 is 0.828 bits per heavy atom. The number of benzene rings is 1. The molecule has 0 saturated heterocycles. The SMILES string of the molecule is CCCCCCCCCC[C@H]1CC[C@H](C2C=CC(c3ccc(F)cc3)=CC2)CC1. The smallest absolute Gasteiger partial charge is 0.123 e. The summed E-state index contributed by atoms with van der Waals surface area (Å²) in [6.07, 6.45) is 26.9. The fraction of sp³-hybridized carbons (Fsp3) is 0.643. The van der Waals surface area contributed by atoms with Gasteiger partial charge in [-0.05, 0) is 60.3 Å². The molecule has 2 aliphatic rings. The zero-order valence-electron chi connectivity index (χ0n) is 18.6. The van der Waals surface area contributed by atoms with Gasteiger partial charge in [-0.25, -0.2) is 4.39 Å². The molecule has 0 radical (unpaired) electrons. The van der Waals surface area contributed by atoms with Crippen molar-refractivity contribution in [3.8, 4) is 0 Å². The van der Waals surface area contributed by atoms with E-state index in [9.17, 15) is 4.39 Å². The van der Waals surface area contributed by atoms with Crippen LogP contribution in [0.25, 0.3) is 5.57 Å². The molecule has 0 aromatic heterocycles. The lowest BCUT2D eigenvalue weighted by Gasteiger charge is -2.33. The largest absolute Gasteiger partial charge is 0.207 e. The van der Waals surface area contributed by atoms with Crippen molar-refractivity contribution in [2.75, 3.05) is 0 Å². The molecule has 2 aliphatic carbocycles. The molecule has 29 heavy (non-hydrogen) atoms. The molecule has 1 heteroatoms. The third-order valence-corrected chi connectivity index (χ3v) is 7.27. The van der Waals surface area contributed by atoms with Crippen molar-refractivity contribution >= 4 is 5.57 Å². The number of hydrogen-bond acceptors (Lipinski definition) is 0. The van der Waals surface area contributed by atoms with Gasteiger partial charge in [-0.2, -0.15) is 0 Å². The van der Waals surface area contributed by atoms with E-state index in [1.54, 1.807) is 12.1 Å². The van der Waals surface area contributed by atoms with Gasteiger partial charge >= 0.3 is 0 Å². The molecule has 160 valence electrons. The third kappa shape index (κ3) is 7.43. The Balaban J connectivity index is 1.29. The third-order valence-electron chi connectivity index (χ3n) is 7.27. The van der Waals surface area contributed by atoms with Gasteiger partial charge in [-0.3, -0.25) is 0 Å². The van der Waals surface area contributed by atoms with Crippen LogP contribution >= 0.6 is 0 Å². The van der Waals surface area contributed by atoms with Crippen LogP contribution in [-0.2, 0) is 0 Å².